The monoisotopic (exact) mass is 313 g/mol. The predicted octanol–water partition coefficient (Wildman–Crippen LogP) is 3.17. The highest BCUT2D eigenvalue weighted by atomic mass is 16.5. The second-order valence-electron chi connectivity index (χ2n) is 5.97. The van der Waals surface area contributed by atoms with E-state index < -0.39 is 0 Å². The first kappa shape index (κ1) is 16.9. The molecule has 0 fully saturated rings. The van der Waals surface area contributed by atoms with Gasteiger partial charge in [-0.15, -0.1) is 0 Å². The van der Waals surface area contributed by atoms with Gasteiger partial charge in [-0.3, -0.25) is 4.79 Å². The summed E-state index contributed by atoms with van der Waals surface area (Å²) >= 11 is 0. The van der Waals surface area contributed by atoms with Crippen LogP contribution in [0.4, 0.5) is 0 Å². The number of carbonyl (C=O) groups excluding carboxylic acids is 1. The lowest BCUT2D eigenvalue weighted by Crippen LogP contribution is -2.38. The highest BCUT2D eigenvalue weighted by Crippen LogP contribution is 2.25. The fraction of sp³-hybridized carbons (Fsp3) is 0.316. The molecule has 2 aromatic carbocycles. The Labute approximate surface area is 137 Å². The number of para-hydroxylation sites is 2. The molecule has 0 saturated heterocycles. The largest absolute Gasteiger partial charge is 0.493 e. The van der Waals surface area contributed by atoms with Crippen LogP contribution >= 0.6 is 0 Å². The van der Waals surface area contributed by atoms with Gasteiger partial charge in [0.05, 0.1) is 7.11 Å². The van der Waals surface area contributed by atoms with E-state index in [-0.39, 0.29) is 17.9 Å². The van der Waals surface area contributed by atoms with Crippen LogP contribution in [-0.4, -0.2) is 26.2 Å². The minimum absolute atomic E-state index is 0.0365. The van der Waals surface area contributed by atoms with Crippen molar-refractivity contribution in [2.45, 2.75) is 19.3 Å². The third-order valence-corrected chi connectivity index (χ3v) is 3.71. The number of carbonyl (C=O) groups is 1. The van der Waals surface area contributed by atoms with Gasteiger partial charge in [-0.2, -0.15) is 0 Å². The van der Waals surface area contributed by atoms with Gasteiger partial charge >= 0.3 is 0 Å². The molecular formula is C19H23NO3. The maximum absolute atomic E-state index is 12.0. The van der Waals surface area contributed by atoms with E-state index in [1.165, 1.54) is 5.56 Å². The van der Waals surface area contributed by atoms with Crippen molar-refractivity contribution < 1.29 is 14.3 Å². The summed E-state index contributed by atoms with van der Waals surface area (Å²) in [5.41, 5.74) is 1.05. The highest BCUT2D eigenvalue weighted by Gasteiger charge is 2.21. The third-order valence-electron chi connectivity index (χ3n) is 3.71. The summed E-state index contributed by atoms with van der Waals surface area (Å²) in [5, 5.41) is 2.92. The topological polar surface area (TPSA) is 47.6 Å². The summed E-state index contributed by atoms with van der Waals surface area (Å²) in [6.07, 6.45) is 0. The van der Waals surface area contributed by atoms with E-state index in [1.807, 2.05) is 30.3 Å². The van der Waals surface area contributed by atoms with Crippen LogP contribution in [-0.2, 0) is 10.2 Å². The van der Waals surface area contributed by atoms with Gasteiger partial charge in [-0.25, -0.2) is 0 Å². The normalized spacial score (nSPS) is 10.9. The molecular weight excluding hydrogens is 290 g/mol. The van der Waals surface area contributed by atoms with Crippen molar-refractivity contribution in [2.75, 3.05) is 20.3 Å². The van der Waals surface area contributed by atoms with Crippen molar-refractivity contribution in [1.82, 2.24) is 5.32 Å². The molecule has 0 bridgehead atoms. The predicted molar refractivity (Wildman–Crippen MR) is 91.0 cm³/mol. The standard InChI is InChI=1S/C19H23NO3/c1-19(2,15-9-5-4-6-10-15)14-20-18(21)13-23-17-12-8-7-11-16(17)22-3/h4-12H,13-14H2,1-3H3,(H,20,21). The van der Waals surface area contributed by atoms with Crippen LogP contribution < -0.4 is 14.8 Å². The first-order valence-corrected chi connectivity index (χ1v) is 7.61. The maximum Gasteiger partial charge on any atom is 0.257 e. The molecule has 0 saturated carbocycles. The summed E-state index contributed by atoms with van der Waals surface area (Å²) in [7, 11) is 1.57. The first-order chi connectivity index (χ1) is 11.0. The van der Waals surface area contributed by atoms with Crippen LogP contribution in [0.5, 0.6) is 11.5 Å². The van der Waals surface area contributed by atoms with Gasteiger partial charge in [0.25, 0.3) is 5.91 Å². The van der Waals surface area contributed by atoms with Crippen molar-refractivity contribution in [3.8, 4) is 11.5 Å². The summed E-state index contributed by atoms with van der Waals surface area (Å²) in [4.78, 5) is 12.0. The zero-order valence-corrected chi connectivity index (χ0v) is 13.8. The van der Waals surface area contributed by atoms with Gasteiger partial charge in [0.2, 0.25) is 0 Å². The molecule has 0 aliphatic heterocycles. The Hall–Kier alpha value is -2.49. The van der Waals surface area contributed by atoms with Gasteiger partial charge in [0.1, 0.15) is 0 Å². The second kappa shape index (κ2) is 7.68. The average molecular weight is 313 g/mol. The Morgan fingerprint density at radius 2 is 1.61 bits per heavy atom. The van der Waals surface area contributed by atoms with Crippen molar-refractivity contribution in [2.24, 2.45) is 0 Å². The lowest BCUT2D eigenvalue weighted by molar-refractivity contribution is -0.123. The fourth-order valence-electron chi connectivity index (χ4n) is 2.24. The van der Waals surface area contributed by atoms with Crippen molar-refractivity contribution in [3.05, 3.63) is 60.2 Å². The Balaban J connectivity index is 1.86. The van der Waals surface area contributed by atoms with E-state index >= 15 is 0 Å². The van der Waals surface area contributed by atoms with Crippen molar-refractivity contribution >= 4 is 5.91 Å². The fourth-order valence-corrected chi connectivity index (χ4v) is 2.24. The number of benzene rings is 2. The van der Waals surface area contributed by atoms with Crippen molar-refractivity contribution in [1.29, 1.82) is 0 Å². The summed E-state index contributed by atoms with van der Waals surface area (Å²) in [6, 6.07) is 17.4. The Morgan fingerprint density at radius 1 is 1.00 bits per heavy atom. The van der Waals surface area contributed by atoms with Crippen LogP contribution in [0.1, 0.15) is 19.4 Å². The number of amides is 1. The molecule has 0 radical (unpaired) electrons. The molecule has 4 heteroatoms. The molecule has 0 spiro atoms. The molecule has 23 heavy (non-hydrogen) atoms. The first-order valence-electron chi connectivity index (χ1n) is 7.61. The molecule has 0 heterocycles. The maximum atomic E-state index is 12.0. The average Bonchev–Trinajstić information content (AvgIpc) is 2.59. The molecule has 4 nitrogen and oxygen atoms in total. The molecule has 0 atom stereocenters. The molecule has 1 N–H and O–H groups in total. The second-order valence-corrected chi connectivity index (χ2v) is 5.97. The lowest BCUT2D eigenvalue weighted by atomic mass is 9.84. The molecule has 1 amide bonds. The van der Waals surface area contributed by atoms with Gasteiger partial charge in [0, 0.05) is 12.0 Å². The van der Waals surface area contributed by atoms with Crippen LogP contribution in [0, 0.1) is 0 Å². The number of ether oxygens (including phenoxy) is 2. The number of hydrogen-bond acceptors (Lipinski definition) is 3. The lowest BCUT2D eigenvalue weighted by Gasteiger charge is -2.25. The quantitative estimate of drug-likeness (QED) is 0.854. The zero-order chi connectivity index (χ0) is 16.7. The van der Waals surface area contributed by atoms with E-state index in [9.17, 15) is 4.79 Å². The van der Waals surface area contributed by atoms with Crippen LogP contribution in [0.2, 0.25) is 0 Å². The summed E-state index contributed by atoms with van der Waals surface area (Å²) in [5.74, 6) is 1.03. The minimum Gasteiger partial charge on any atom is -0.493 e. The number of methoxy groups -OCH3 is 1. The Bertz CT molecular complexity index is 638. The molecule has 0 unspecified atom stereocenters. The van der Waals surface area contributed by atoms with Gasteiger partial charge in [0.15, 0.2) is 18.1 Å². The smallest absolute Gasteiger partial charge is 0.257 e. The van der Waals surface area contributed by atoms with Gasteiger partial charge in [-0.05, 0) is 17.7 Å². The van der Waals surface area contributed by atoms with Gasteiger partial charge in [-0.1, -0.05) is 56.3 Å². The van der Waals surface area contributed by atoms with Crippen LogP contribution in [0.25, 0.3) is 0 Å². The molecule has 2 rings (SSSR count). The minimum atomic E-state index is -0.153. The third kappa shape index (κ3) is 4.74. The molecule has 122 valence electrons. The van der Waals surface area contributed by atoms with E-state index in [1.54, 1.807) is 19.2 Å². The summed E-state index contributed by atoms with van der Waals surface area (Å²) < 4.78 is 10.7. The van der Waals surface area contributed by atoms with E-state index in [0.717, 1.165) is 0 Å². The van der Waals surface area contributed by atoms with E-state index in [4.69, 9.17) is 9.47 Å². The van der Waals surface area contributed by atoms with Crippen LogP contribution in [0.3, 0.4) is 0 Å². The highest BCUT2D eigenvalue weighted by molar-refractivity contribution is 5.77. The molecule has 0 aliphatic carbocycles. The van der Waals surface area contributed by atoms with Gasteiger partial charge < -0.3 is 14.8 Å². The number of rotatable bonds is 7. The number of hydrogen-bond donors (Lipinski definition) is 1. The molecule has 2 aromatic rings. The van der Waals surface area contributed by atoms with E-state index in [2.05, 4.69) is 31.3 Å². The SMILES string of the molecule is COc1ccccc1OCC(=O)NCC(C)(C)c1ccccc1. The summed E-state index contributed by atoms with van der Waals surface area (Å²) in [6.45, 7) is 4.71. The Morgan fingerprint density at radius 3 is 2.26 bits per heavy atom. The molecule has 0 aromatic heterocycles. The van der Waals surface area contributed by atoms with Crippen LogP contribution in [0.15, 0.2) is 54.6 Å². The van der Waals surface area contributed by atoms with E-state index in [0.29, 0.717) is 18.0 Å². The molecule has 0 aliphatic rings. The number of nitrogens with one attached hydrogen (secondary N) is 1. The zero-order valence-electron chi connectivity index (χ0n) is 13.8. The van der Waals surface area contributed by atoms with Crippen molar-refractivity contribution in [3.63, 3.8) is 0 Å². The Kier molecular flexibility index (Phi) is 5.63.